The lowest BCUT2D eigenvalue weighted by molar-refractivity contribution is -0.0545. The molecule has 1 aromatic carbocycles. The van der Waals surface area contributed by atoms with Crippen LogP contribution in [0.5, 0.6) is 0 Å². The van der Waals surface area contributed by atoms with Crippen molar-refractivity contribution < 1.29 is 19.7 Å². The molecule has 1 aliphatic rings. The van der Waals surface area contributed by atoms with Crippen LogP contribution in [0.4, 0.5) is 27.5 Å². The summed E-state index contributed by atoms with van der Waals surface area (Å²) in [5.41, 5.74) is 3.71. The van der Waals surface area contributed by atoms with Crippen LogP contribution in [0.2, 0.25) is 5.15 Å². The largest absolute Gasteiger partial charge is 0.396 e. The van der Waals surface area contributed by atoms with Crippen LogP contribution < -0.4 is 11.1 Å². The smallest absolute Gasteiger partial charge is 0.223 e. The predicted octanol–water partition coefficient (Wildman–Crippen LogP) is 2.13. The summed E-state index contributed by atoms with van der Waals surface area (Å²) >= 11 is 6.06. The van der Waals surface area contributed by atoms with Crippen molar-refractivity contribution in [1.82, 2.24) is 9.97 Å². The zero-order valence-electron chi connectivity index (χ0n) is 14.0. The van der Waals surface area contributed by atoms with Gasteiger partial charge in [-0.05, 0) is 25.0 Å². The van der Waals surface area contributed by atoms with E-state index in [1.807, 2.05) is 0 Å². The fourth-order valence-electron chi connectivity index (χ4n) is 2.89. The van der Waals surface area contributed by atoms with E-state index in [4.69, 9.17) is 17.3 Å². The van der Waals surface area contributed by atoms with Gasteiger partial charge >= 0.3 is 0 Å². The standard InChI is InChI=1S/C16H18ClFN6O3/c17-13-11(24-23-10-4-2-1-3-9(10)18)14(21-15(19)20-13)22-16(27)6-5-8(7-25)12(16)26/h1-4,8,12,25-27H,5-7H2,(H3,19,20,21,22)/t8-,12-,16-/m1/s1. The van der Waals surface area contributed by atoms with Gasteiger partial charge in [0.05, 0.1) is 0 Å². The van der Waals surface area contributed by atoms with Gasteiger partial charge in [-0.15, -0.1) is 10.2 Å². The molecule has 0 bridgehead atoms. The second-order valence-electron chi connectivity index (χ2n) is 6.20. The number of hydrogen-bond acceptors (Lipinski definition) is 9. The Morgan fingerprint density at radius 2 is 2.07 bits per heavy atom. The predicted molar refractivity (Wildman–Crippen MR) is 96.4 cm³/mol. The molecule has 3 atom stereocenters. The van der Waals surface area contributed by atoms with E-state index >= 15 is 0 Å². The minimum atomic E-state index is -1.78. The SMILES string of the molecule is Nc1nc(Cl)c(N=Nc2ccccc2F)c(N[C@@]2(O)CC[C@H](CO)[C@H]2O)n1. The van der Waals surface area contributed by atoms with Crippen molar-refractivity contribution in [3.05, 3.63) is 35.2 Å². The second-order valence-corrected chi connectivity index (χ2v) is 6.55. The number of nitrogen functional groups attached to an aromatic ring is 1. The Hall–Kier alpha value is -2.40. The maximum absolute atomic E-state index is 13.7. The molecule has 0 amide bonds. The molecule has 1 fully saturated rings. The second kappa shape index (κ2) is 7.69. The van der Waals surface area contributed by atoms with Crippen LogP contribution in [0.1, 0.15) is 12.8 Å². The van der Waals surface area contributed by atoms with Crippen molar-refractivity contribution in [2.24, 2.45) is 16.1 Å². The molecule has 0 aliphatic heterocycles. The van der Waals surface area contributed by atoms with Gasteiger partial charge < -0.3 is 26.4 Å². The van der Waals surface area contributed by atoms with E-state index in [1.54, 1.807) is 6.07 Å². The fourth-order valence-corrected chi connectivity index (χ4v) is 3.10. The van der Waals surface area contributed by atoms with Gasteiger partial charge in [-0.25, -0.2) is 4.39 Å². The fraction of sp³-hybridized carbons (Fsp3) is 0.375. The number of nitrogens with zero attached hydrogens (tertiary/aromatic N) is 4. The quantitative estimate of drug-likeness (QED) is 0.295. The van der Waals surface area contributed by atoms with Gasteiger partial charge in [-0.3, -0.25) is 0 Å². The Kier molecular flexibility index (Phi) is 5.51. The third-order valence-corrected chi connectivity index (χ3v) is 4.63. The van der Waals surface area contributed by atoms with Crippen LogP contribution in [-0.4, -0.2) is 43.7 Å². The normalized spacial score (nSPS) is 25.2. The minimum absolute atomic E-state index is 0.0312. The van der Waals surface area contributed by atoms with Crippen LogP contribution in [0.15, 0.2) is 34.5 Å². The molecule has 0 unspecified atom stereocenters. The molecule has 27 heavy (non-hydrogen) atoms. The Bertz CT molecular complexity index is 870. The summed E-state index contributed by atoms with van der Waals surface area (Å²) in [6.07, 6.45) is -0.722. The van der Waals surface area contributed by atoms with E-state index in [1.165, 1.54) is 18.2 Å². The Morgan fingerprint density at radius 3 is 2.74 bits per heavy atom. The number of aromatic nitrogens is 2. The van der Waals surface area contributed by atoms with Crippen molar-refractivity contribution in [2.75, 3.05) is 17.7 Å². The average Bonchev–Trinajstić information content (AvgIpc) is 2.90. The van der Waals surface area contributed by atoms with Gasteiger partial charge in [0.2, 0.25) is 5.95 Å². The number of nitrogens with two attached hydrogens (primary N) is 1. The highest BCUT2D eigenvalue weighted by Crippen LogP contribution is 2.39. The van der Waals surface area contributed by atoms with Gasteiger partial charge in [0, 0.05) is 12.5 Å². The van der Waals surface area contributed by atoms with Gasteiger partial charge in [0.15, 0.2) is 28.2 Å². The van der Waals surface area contributed by atoms with E-state index in [0.717, 1.165) is 0 Å². The van der Waals surface area contributed by atoms with Gasteiger partial charge in [0.1, 0.15) is 11.8 Å². The third-order valence-electron chi connectivity index (χ3n) is 4.37. The van der Waals surface area contributed by atoms with Crippen molar-refractivity contribution in [3.63, 3.8) is 0 Å². The first-order chi connectivity index (χ1) is 12.8. The van der Waals surface area contributed by atoms with Crippen LogP contribution in [0, 0.1) is 11.7 Å². The molecular weight excluding hydrogens is 379 g/mol. The molecular formula is C16H18ClFN6O3. The molecule has 3 rings (SSSR count). The van der Waals surface area contributed by atoms with Gasteiger partial charge in [-0.1, -0.05) is 23.7 Å². The zero-order valence-corrected chi connectivity index (χ0v) is 14.8. The van der Waals surface area contributed by atoms with Crippen molar-refractivity contribution in [1.29, 1.82) is 0 Å². The number of hydrogen-bond donors (Lipinski definition) is 5. The van der Waals surface area contributed by atoms with E-state index in [-0.39, 0.29) is 41.3 Å². The van der Waals surface area contributed by atoms with Crippen LogP contribution >= 0.6 is 11.6 Å². The lowest BCUT2D eigenvalue weighted by Gasteiger charge is -2.30. The highest BCUT2D eigenvalue weighted by Gasteiger charge is 2.47. The Morgan fingerprint density at radius 1 is 1.33 bits per heavy atom. The summed E-state index contributed by atoms with van der Waals surface area (Å²) in [6.45, 7) is -0.280. The number of aliphatic hydroxyl groups is 3. The van der Waals surface area contributed by atoms with E-state index < -0.39 is 23.6 Å². The molecule has 2 aromatic rings. The first-order valence-corrected chi connectivity index (χ1v) is 8.50. The topological polar surface area (TPSA) is 149 Å². The molecule has 144 valence electrons. The molecule has 1 heterocycles. The Balaban J connectivity index is 1.95. The molecule has 0 saturated heterocycles. The lowest BCUT2D eigenvalue weighted by Crippen LogP contribution is -2.48. The summed E-state index contributed by atoms with van der Waals surface area (Å²) in [5, 5.41) is 40.4. The highest BCUT2D eigenvalue weighted by atomic mass is 35.5. The number of benzene rings is 1. The number of rotatable bonds is 5. The number of azo groups is 1. The summed E-state index contributed by atoms with van der Waals surface area (Å²) in [5.74, 6) is -1.35. The molecule has 6 N–H and O–H groups in total. The molecule has 0 spiro atoms. The molecule has 11 heteroatoms. The minimum Gasteiger partial charge on any atom is -0.396 e. The summed E-state index contributed by atoms with van der Waals surface area (Å²) in [4.78, 5) is 7.73. The Labute approximate surface area is 158 Å². The van der Waals surface area contributed by atoms with Crippen molar-refractivity contribution >= 4 is 34.7 Å². The van der Waals surface area contributed by atoms with Crippen LogP contribution in [0.25, 0.3) is 0 Å². The van der Waals surface area contributed by atoms with E-state index in [9.17, 15) is 19.7 Å². The van der Waals surface area contributed by atoms with Gasteiger partial charge in [-0.2, -0.15) is 9.97 Å². The molecule has 0 radical (unpaired) electrons. The maximum atomic E-state index is 13.7. The zero-order chi connectivity index (χ0) is 19.6. The number of nitrogens with one attached hydrogen (secondary N) is 1. The monoisotopic (exact) mass is 396 g/mol. The number of anilines is 2. The molecule has 1 aromatic heterocycles. The summed E-state index contributed by atoms with van der Waals surface area (Å²) in [7, 11) is 0. The van der Waals surface area contributed by atoms with Crippen LogP contribution in [-0.2, 0) is 0 Å². The highest BCUT2D eigenvalue weighted by molar-refractivity contribution is 6.32. The maximum Gasteiger partial charge on any atom is 0.223 e. The average molecular weight is 397 g/mol. The van der Waals surface area contributed by atoms with Gasteiger partial charge in [0.25, 0.3) is 0 Å². The first-order valence-electron chi connectivity index (χ1n) is 8.13. The summed E-state index contributed by atoms with van der Waals surface area (Å²) < 4.78 is 13.7. The van der Waals surface area contributed by atoms with E-state index in [2.05, 4.69) is 25.5 Å². The van der Waals surface area contributed by atoms with Crippen LogP contribution in [0.3, 0.4) is 0 Å². The number of aliphatic hydroxyl groups excluding tert-OH is 2. The molecule has 1 saturated carbocycles. The third kappa shape index (κ3) is 3.98. The summed E-state index contributed by atoms with van der Waals surface area (Å²) in [6, 6.07) is 5.73. The molecule has 1 aliphatic carbocycles. The molecule has 9 nitrogen and oxygen atoms in total. The number of halogens is 2. The van der Waals surface area contributed by atoms with E-state index in [0.29, 0.717) is 6.42 Å². The van der Waals surface area contributed by atoms with Crippen molar-refractivity contribution in [3.8, 4) is 0 Å². The first kappa shape index (κ1) is 19.4. The lowest BCUT2D eigenvalue weighted by atomic mass is 10.0. The van der Waals surface area contributed by atoms with Crippen molar-refractivity contribution in [2.45, 2.75) is 24.7 Å².